The highest BCUT2D eigenvalue weighted by atomic mass is 79.9. The molecule has 0 aliphatic carbocycles. The number of benzene rings is 1. The van der Waals surface area contributed by atoms with E-state index in [0.717, 1.165) is 13.1 Å². The minimum atomic E-state index is -0.0917. The van der Waals surface area contributed by atoms with Crippen molar-refractivity contribution in [1.29, 1.82) is 0 Å². The van der Waals surface area contributed by atoms with Crippen LogP contribution in [0, 0.1) is 0 Å². The number of carbonyl (C=O) groups excluding carboxylic acids is 1. The third kappa shape index (κ3) is 3.99. The lowest BCUT2D eigenvalue weighted by molar-refractivity contribution is 0.0521. The van der Waals surface area contributed by atoms with Gasteiger partial charge in [-0.15, -0.1) is 11.3 Å². The van der Waals surface area contributed by atoms with Crippen LogP contribution in [0.15, 0.2) is 44.0 Å². The molecular formula is C14H12Br2O2S. The fourth-order valence-corrected chi connectivity index (χ4v) is 4.48. The summed E-state index contributed by atoms with van der Waals surface area (Å²) >= 11 is 8.23. The van der Waals surface area contributed by atoms with Crippen molar-refractivity contribution in [3.8, 4) is 0 Å². The molecule has 1 unspecified atom stereocenters. The van der Waals surface area contributed by atoms with E-state index in [4.69, 9.17) is 4.74 Å². The van der Waals surface area contributed by atoms with E-state index in [1.165, 1.54) is 11.3 Å². The molecular weight excluding hydrogens is 392 g/mol. The van der Waals surface area contributed by atoms with Crippen LogP contribution >= 0.6 is 43.2 Å². The zero-order valence-electron chi connectivity index (χ0n) is 10.2. The zero-order chi connectivity index (χ0) is 13.8. The average molecular weight is 404 g/mol. The van der Waals surface area contributed by atoms with Gasteiger partial charge in [-0.1, -0.05) is 30.3 Å². The molecule has 1 atom stereocenters. The Bertz CT molecular complexity index is 566. The smallest absolute Gasteiger partial charge is 0.190 e. The summed E-state index contributed by atoms with van der Waals surface area (Å²) in [6, 6.07) is 11.7. The summed E-state index contributed by atoms with van der Waals surface area (Å²) in [5.41, 5.74) is 1.73. The van der Waals surface area contributed by atoms with Gasteiger partial charge >= 0.3 is 0 Å². The van der Waals surface area contributed by atoms with Gasteiger partial charge in [-0.25, -0.2) is 0 Å². The van der Waals surface area contributed by atoms with E-state index in [9.17, 15) is 4.79 Å². The second-order valence-corrected chi connectivity index (χ2v) is 7.77. The molecule has 0 aliphatic heterocycles. The molecule has 19 heavy (non-hydrogen) atoms. The average Bonchev–Trinajstić information content (AvgIpc) is 2.75. The molecule has 2 aromatic rings. The lowest BCUT2D eigenvalue weighted by Gasteiger charge is -2.12. The predicted molar refractivity (Wildman–Crippen MR) is 84.9 cm³/mol. The third-order valence-corrected chi connectivity index (χ3v) is 5.03. The molecule has 2 nitrogen and oxygen atoms in total. The van der Waals surface area contributed by atoms with Crippen LogP contribution in [0.1, 0.15) is 28.9 Å². The summed E-state index contributed by atoms with van der Waals surface area (Å²) in [6.45, 7) is 2.03. The minimum Gasteiger partial charge on any atom is -0.366 e. The molecule has 0 bridgehead atoms. The first kappa shape index (κ1) is 14.9. The molecule has 0 saturated heterocycles. The van der Waals surface area contributed by atoms with Gasteiger partial charge in [0, 0.05) is 5.56 Å². The van der Waals surface area contributed by atoms with E-state index in [1.54, 1.807) is 0 Å². The van der Waals surface area contributed by atoms with Crippen LogP contribution < -0.4 is 0 Å². The van der Waals surface area contributed by atoms with Crippen molar-refractivity contribution >= 4 is 49.0 Å². The molecule has 0 N–H and O–H groups in total. The standard InChI is InChI=1S/C14H12Br2O2S/c1-9(10-5-3-2-4-6-10)18-8-12(17)11-7-13(15)19-14(11)16/h2-7,9H,8H2,1H3. The molecule has 0 aliphatic rings. The Balaban J connectivity index is 1.96. The molecule has 1 aromatic heterocycles. The number of halogens is 2. The molecule has 2 rings (SSSR count). The highest BCUT2D eigenvalue weighted by molar-refractivity contribution is 9.12. The number of rotatable bonds is 5. The van der Waals surface area contributed by atoms with Crippen LogP contribution in [0.3, 0.4) is 0 Å². The first-order chi connectivity index (χ1) is 9.08. The summed E-state index contributed by atoms with van der Waals surface area (Å²) in [7, 11) is 0. The molecule has 0 radical (unpaired) electrons. The number of ether oxygens (including phenoxy) is 1. The maximum atomic E-state index is 12.0. The van der Waals surface area contributed by atoms with Crippen molar-refractivity contribution in [1.82, 2.24) is 0 Å². The van der Waals surface area contributed by atoms with Crippen molar-refractivity contribution < 1.29 is 9.53 Å². The van der Waals surface area contributed by atoms with Gasteiger partial charge in [0.15, 0.2) is 5.78 Å². The van der Waals surface area contributed by atoms with Crippen LogP contribution in [-0.4, -0.2) is 12.4 Å². The number of hydrogen-bond donors (Lipinski definition) is 0. The SMILES string of the molecule is CC(OCC(=O)c1cc(Br)sc1Br)c1ccccc1. The quantitative estimate of drug-likeness (QED) is 0.638. The Labute approximate surface area is 133 Å². The maximum absolute atomic E-state index is 12.0. The molecule has 0 saturated carbocycles. The fraction of sp³-hybridized carbons (Fsp3) is 0.214. The van der Waals surface area contributed by atoms with Crippen molar-refractivity contribution in [2.75, 3.05) is 6.61 Å². The fourth-order valence-electron chi connectivity index (χ4n) is 1.63. The van der Waals surface area contributed by atoms with Crippen LogP contribution in [0.2, 0.25) is 0 Å². The van der Waals surface area contributed by atoms with E-state index < -0.39 is 0 Å². The number of Topliss-reactive ketones (excluding diaryl/α,β-unsaturated/α-hetero) is 1. The molecule has 0 spiro atoms. The molecule has 5 heteroatoms. The first-order valence-electron chi connectivity index (χ1n) is 5.72. The number of carbonyl (C=O) groups is 1. The molecule has 100 valence electrons. The summed E-state index contributed by atoms with van der Waals surface area (Å²) < 4.78 is 7.39. The van der Waals surface area contributed by atoms with Gasteiger partial charge < -0.3 is 4.74 Å². The van der Waals surface area contributed by atoms with E-state index in [0.29, 0.717) is 5.56 Å². The van der Waals surface area contributed by atoms with Crippen LogP contribution in [0.4, 0.5) is 0 Å². The summed E-state index contributed by atoms with van der Waals surface area (Å²) in [6.07, 6.45) is -0.0917. The normalized spacial score (nSPS) is 12.4. The first-order valence-corrected chi connectivity index (χ1v) is 8.12. The van der Waals surface area contributed by atoms with Gasteiger partial charge in [-0.2, -0.15) is 0 Å². The number of hydrogen-bond acceptors (Lipinski definition) is 3. The molecule has 1 heterocycles. The highest BCUT2D eigenvalue weighted by Crippen LogP contribution is 2.32. The Hall–Kier alpha value is -0.490. The lowest BCUT2D eigenvalue weighted by Crippen LogP contribution is -2.11. The van der Waals surface area contributed by atoms with Crippen molar-refractivity contribution in [3.05, 3.63) is 55.1 Å². The van der Waals surface area contributed by atoms with Crippen molar-refractivity contribution in [2.45, 2.75) is 13.0 Å². The largest absolute Gasteiger partial charge is 0.366 e. The van der Waals surface area contributed by atoms with E-state index in [1.807, 2.05) is 43.3 Å². The van der Waals surface area contributed by atoms with E-state index in [-0.39, 0.29) is 18.5 Å². The highest BCUT2D eigenvalue weighted by Gasteiger charge is 2.15. The van der Waals surface area contributed by atoms with Gasteiger partial charge in [0.25, 0.3) is 0 Å². The predicted octanol–water partition coefficient (Wildman–Crippen LogP) is 5.23. The molecule has 0 amide bonds. The lowest BCUT2D eigenvalue weighted by atomic mass is 10.1. The van der Waals surface area contributed by atoms with Gasteiger partial charge in [-0.05, 0) is 50.4 Å². The second kappa shape index (κ2) is 6.79. The Kier molecular flexibility index (Phi) is 5.33. The summed E-state index contributed by atoms with van der Waals surface area (Å²) in [5, 5.41) is 0. The molecule has 1 aromatic carbocycles. The van der Waals surface area contributed by atoms with Gasteiger partial charge in [0.2, 0.25) is 0 Å². The van der Waals surface area contributed by atoms with Gasteiger partial charge in [0.1, 0.15) is 6.61 Å². The Morgan fingerprint density at radius 1 is 1.32 bits per heavy atom. The zero-order valence-corrected chi connectivity index (χ0v) is 14.2. The summed E-state index contributed by atoms with van der Waals surface area (Å²) in [5.74, 6) is -0.0170. The minimum absolute atomic E-state index is 0.0170. The van der Waals surface area contributed by atoms with Crippen LogP contribution in [0.25, 0.3) is 0 Å². The topological polar surface area (TPSA) is 26.3 Å². The Morgan fingerprint density at radius 2 is 2.00 bits per heavy atom. The van der Waals surface area contributed by atoms with Crippen molar-refractivity contribution in [3.63, 3.8) is 0 Å². The number of thiophene rings is 1. The third-order valence-electron chi connectivity index (χ3n) is 2.69. The van der Waals surface area contributed by atoms with Crippen LogP contribution in [0.5, 0.6) is 0 Å². The summed E-state index contributed by atoms with van der Waals surface area (Å²) in [4.78, 5) is 12.0. The monoisotopic (exact) mass is 402 g/mol. The Morgan fingerprint density at radius 3 is 2.58 bits per heavy atom. The van der Waals surface area contributed by atoms with Crippen LogP contribution in [-0.2, 0) is 4.74 Å². The maximum Gasteiger partial charge on any atom is 0.190 e. The van der Waals surface area contributed by atoms with E-state index >= 15 is 0 Å². The van der Waals surface area contributed by atoms with Gasteiger partial charge in [-0.3, -0.25) is 4.79 Å². The number of ketones is 1. The van der Waals surface area contributed by atoms with Gasteiger partial charge in [0.05, 0.1) is 13.7 Å². The molecule has 0 fully saturated rings. The van der Waals surface area contributed by atoms with E-state index in [2.05, 4.69) is 31.9 Å². The van der Waals surface area contributed by atoms with Crippen molar-refractivity contribution in [2.24, 2.45) is 0 Å². The second-order valence-electron chi connectivity index (χ2n) is 4.02.